The van der Waals surface area contributed by atoms with Gasteiger partial charge in [0.25, 0.3) is 0 Å². The molecule has 4 heterocycles. The number of rotatable bonds is 4. The zero-order valence-electron chi connectivity index (χ0n) is 30.3. The molecule has 9 rings (SSSR count). The van der Waals surface area contributed by atoms with Crippen molar-refractivity contribution in [3.63, 3.8) is 0 Å². The van der Waals surface area contributed by atoms with Crippen molar-refractivity contribution in [1.29, 1.82) is 0 Å². The minimum Gasteiger partial charge on any atom is -0.486 e. The second-order valence-electron chi connectivity index (χ2n) is 13.4. The number of fused-ring (bicyclic) bond motifs is 4. The summed E-state index contributed by atoms with van der Waals surface area (Å²) in [4.78, 5) is 13.7. The van der Waals surface area contributed by atoms with Crippen molar-refractivity contribution in [2.24, 2.45) is 0 Å². The minimum atomic E-state index is 0. The summed E-state index contributed by atoms with van der Waals surface area (Å²) >= 11 is 0. The Morgan fingerprint density at radius 1 is 0.585 bits per heavy atom. The molecule has 0 N–H and O–H groups in total. The molecule has 53 heavy (non-hydrogen) atoms. The maximum Gasteiger partial charge on any atom is 0.216 e. The van der Waals surface area contributed by atoms with E-state index in [1.165, 1.54) is 44.2 Å². The van der Waals surface area contributed by atoms with E-state index in [9.17, 15) is 0 Å². The molecule has 1 radical (unpaired) electrons. The molecule has 4 aromatic heterocycles. The minimum absolute atomic E-state index is 0. The van der Waals surface area contributed by atoms with Gasteiger partial charge >= 0.3 is 0 Å². The van der Waals surface area contributed by atoms with Crippen molar-refractivity contribution in [3.05, 3.63) is 174 Å². The first-order valence-corrected chi connectivity index (χ1v) is 17.5. The molecule has 5 aromatic carbocycles. The topological polar surface area (TPSA) is 51.8 Å². The van der Waals surface area contributed by atoms with E-state index in [4.69, 9.17) is 9.40 Å². The molecule has 0 fully saturated rings. The van der Waals surface area contributed by atoms with Crippen LogP contribution in [0.5, 0.6) is 0 Å². The third kappa shape index (κ3) is 7.19. The molecule has 0 unspecified atom stereocenters. The summed E-state index contributed by atoms with van der Waals surface area (Å²) in [6.07, 6.45) is 3.83. The molecule has 0 atom stereocenters. The molecule has 9 aromatic rings. The van der Waals surface area contributed by atoms with Crippen LogP contribution in [-0.2, 0) is 20.1 Å². The molecule has 0 saturated carbocycles. The van der Waals surface area contributed by atoms with E-state index in [1.54, 1.807) is 0 Å². The molecule has 0 aliphatic heterocycles. The largest absolute Gasteiger partial charge is 0.486 e. The normalized spacial score (nSPS) is 11.0. The predicted molar refractivity (Wildman–Crippen MR) is 214 cm³/mol. The maximum atomic E-state index is 6.24. The fraction of sp³-hybridized carbons (Fsp3) is 0.104. The van der Waals surface area contributed by atoms with Gasteiger partial charge in [-0.25, -0.2) is 4.98 Å². The Labute approximate surface area is 324 Å². The van der Waals surface area contributed by atoms with Crippen LogP contribution in [0.3, 0.4) is 0 Å². The Balaban J connectivity index is 0.000000245. The summed E-state index contributed by atoms with van der Waals surface area (Å²) < 4.78 is 6.24. The van der Waals surface area contributed by atoms with E-state index in [2.05, 4.69) is 128 Å². The number of hydrogen-bond acceptors (Lipinski definition) is 4. The number of nitrogens with zero attached hydrogens (tertiary/aromatic N) is 3. The van der Waals surface area contributed by atoms with Crippen molar-refractivity contribution in [2.75, 3.05) is 0 Å². The van der Waals surface area contributed by atoms with Crippen molar-refractivity contribution in [2.45, 2.75) is 34.6 Å². The van der Waals surface area contributed by atoms with Gasteiger partial charge in [-0.1, -0.05) is 90.7 Å². The van der Waals surface area contributed by atoms with Gasteiger partial charge in [0, 0.05) is 43.6 Å². The third-order valence-electron chi connectivity index (χ3n) is 9.64. The number of aromatic nitrogens is 3. The fourth-order valence-corrected chi connectivity index (χ4v) is 6.73. The quantitative estimate of drug-likeness (QED) is 0.165. The van der Waals surface area contributed by atoms with Crippen LogP contribution in [0.1, 0.15) is 27.9 Å². The Bertz CT molecular complexity index is 2670. The molecule has 5 heteroatoms. The Morgan fingerprint density at radius 3 is 2.15 bits per heavy atom. The molecular weight excluding hydrogens is 827 g/mol. The van der Waals surface area contributed by atoms with Gasteiger partial charge < -0.3 is 14.4 Å². The van der Waals surface area contributed by atoms with Gasteiger partial charge in [-0.15, -0.1) is 53.6 Å². The molecule has 0 aliphatic rings. The van der Waals surface area contributed by atoms with Crippen molar-refractivity contribution >= 4 is 32.8 Å². The second-order valence-corrected chi connectivity index (χ2v) is 13.4. The number of aryl methyl sites for hydroxylation is 5. The Morgan fingerprint density at radius 2 is 1.38 bits per heavy atom. The van der Waals surface area contributed by atoms with E-state index in [0.717, 1.165) is 55.7 Å². The van der Waals surface area contributed by atoms with Crippen LogP contribution in [0.25, 0.3) is 77.6 Å². The molecule has 0 aliphatic carbocycles. The first-order valence-electron chi connectivity index (χ1n) is 17.5. The Kier molecular flexibility index (Phi) is 10.1. The van der Waals surface area contributed by atoms with Crippen LogP contribution in [0.2, 0.25) is 0 Å². The average Bonchev–Trinajstić information content (AvgIpc) is 3.54. The summed E-state index contributed by atoms with van der Waals surface area (Å²) in [5.41, 5.74) is 15.7. The number of benzene rings is 5. The summed E-state index contributed by atoms with van der Waals surface area (Å²) in [7, 11) is 0. The van der Waals surface area contributed by atoms with Crippen LogP contribution in [0.4, 0.5) is 0 Å². The zero-order valence-corrected chi connectivity index (χ0v) is 32.7. The molecule has 0 amide bonds. The molecule has 261 valence electrons. The van der Waals surface area contributed by atoms with Gasteiger partial charge in [-0.3, -0.25) is 0 Å². The monoisotopic (exact) mass is 864 g/mol. The molecular formula is C48H37IrN3O-2. The zero-order chi connectivity index (χ0) is 35.8. The van der Waals surface area contributed by atoms with Crippen LogP contribution in [-0.4, -0.2) is 15.0 Å². The van der Waals surface area contributed by atoms with Gasteiger partial charge in [0.2, 0.25) is 5.71 Å². The predicted octanol–water partition coefficient (Wildman–Crippen LogP) is 12.4. The first kappa shape index (κ1) is 35.7. The number of pyridine rings is 3. The first-order chi connectivity index (χ1) is 25.3. The van der Waals surface area contributed by atoms with E-state index in [1.807, 2.05) is 62.6 Å². The van der Waals surface area contributed by atoms with E-state index in [-0.39, 0.29) is 20.1 Å². The summed E-state index contributed by atoms with van der Waals surface area (Å²) in [5, 5.41) is 4.53. The van der Waals surface area contributed by atoms with Crippen LogP contribution in [0, 0.1) is 46.8 Å². The molecule has 0 spiro atoms. The van der Waals surface area contributed by atoms with Gasteiger partial charge in [-0.2, -0.15) is 0 Å². The van der Waals surface area contributed by atoms with Gasteiger partial charge in [0.1, 0.15) is 0 Å². The van der Waals surface area contributed by atoms with Crippen LogP contribution >= 0.6 is 0 Å². The van der Waals surface area contributed by atoms with Crippen molar-refractivity contribution < 1.29 is 24.5 Å². The van der Waals surface area contributed by atoms with Crippen molar-refractivity contribution in [3.8, 4) is 44.8 Å². The van der Waals surface area contributed by atoms with E-state index >= 15 is 0 Å². The second kappa shape index (κ2) is 15.1. The molecule has 4 nitrogen and oxygen atoms in total. The summed E-state index contributed by atoms with van der Waals surface area (Å²) in [6, 6.07) is 48.7. The van der Waals surface area contributed by atoms with Gasteiger partial charge in [0.15, 0.2) is 0 Å². The Hall–Kier alpha value is -5.74. The smallest absolute Gasteiger partial charge is 0.216 e. The summed E-state index contributed by atoms with van der Waals surface area (Å²) in [5.74, 6) is 0. The van der Waals surface area contributed by atoms with Crippen LogP contribution < -0.4 is 0 Å². The SMILES string of the molecule is Cc1c[c-]c(-c2ccc(C)cn2)cc1.Cc1ccc2c(n1)oc1c(-c3cc(-c4ccc5cc(-c6ccccc6)ccc5c4C)c(C)cn3)[c-]ccc12.[Ir]. The average molecular weight is 864 g/mol. The van der Waals surface area contributed by atoms with Gasteiger partial charge in [-0.05, 0) is 107 Å². The van der Waals surface area contributed by atoms with E-state index in [0.29, 0.717) is 5.71 Å². The standard InChI is InChI=1S/C35H25N2O.C13H12N.Ir/c1-21-20-36-33(31-11-7-10-29-30-15-12-22(2)37-35(30)38-34(29)31)19-32(21)28-17-14-26-18-25(13-16-27(26)23(28)3)24-8-5-4-6-9-24;1-10-3-6-12(7-4-10)13-8-5-11(2)9-14-13;/h4-10,12-20H,1-3H3;3-6,8-9H,1-2H3;/q2*-1;. The van der Waals surface area contributed by atoms with Crippen LogP contribution in [0.15, 0.2) is 138 Å². The third-order valence-corrected chi connectivity index (χ3v) is 9.64. The van der Waals surface area contributed by atoms with Crippen molar-refractivity contribution in [1.82, 2.24) is 15.0 Å². The molecule has 0 saturated heterocycles. The molecule has 0 bridgehead atoms. The number of furan rings is 1. The van der Waals surface area contributed by atoms with E-state index < -0.39 is 0 Å². The summed E-state index contributed by atoms with van der Waals surface area (Å²) in [6.45, 7) is 10.4. The number of hydrogen-bond donors (Lipinski definition) is 0. The van der Waals surface area contributed by atoms with Gasteiger partial charge in [0.05, 0.1) is 5.58 Å². The fourth-order valence-electron chi connectivity index (χ4n) is 6.73. The maximum absolute atomic E-state index is 6.24.